The van der Waals surface area contributed by atoms with E-state index >= 15 is 0 Å². The maximum absolute atomic E-state index is 5.88. The number of hydrogen-bond donors (Lipinski definition) is 0. The van der Waals surface area contributed by atoms with Crippen LogP contribution in [0.15, 0.2) is 12.2 Å². The third kappa shape index (κ3) is 0.820. The Morgan fingerprint density at radius 3 is 2.50 bits per heavy atom. The van der Waals surface area contributed by atoms with Crippen molar-refractivity contribution in [1.82, 2.24) is 0 Å². The van der Waals surface area contributed by atoms with Crippen molar-refractivity contribution in [2.24, 2.45) is 11.3 Å². The van der Waals surface area contributed by atoms with Crippen LogP contribution in [0.5, 0.6) is 0 Å². The Kier molecular flexibility index (Phi) is 1.50. The Morgan fingerprint density at radius 1 is 1.50 bits per heavy atom. The standard InChI is InChI=1S/C8H10Cl2/c9-7(10)8-3-1-6(5-8)2-4-8/h1,3,6-7H,2,4-5H2. The molecule has 0 saturated heterocycles. The molecule has 2 rings (SSSR count). The topological polar surface area (TPSA) is 0 Å². The summed E-state index contributed by atoms with van der Waals surface area (Å²) in [5.41, 5.74) is 0.160. The van der Waals surface area contributed by atoms with E-state index in [1.807, 2.05) is 0 Å². The summed E-state index contributed by atoms with van der Waals surface area (Å²) in [6, 6.07) is 0. The van der Waals surface area contributed by atoms with Gasteiger partial charge < -0.3 is 0 Å². The number of halogens is 2. The van der Waals surface area contributed by atoms with Gasteiger partial charge in [0.05, 0.1) is 0 Å². The van der Waals surface area contributed by atoms with Crippen molar-refractivity contribution in [1.29, 1.82) is 0 Å². The normalized spacial score (nSPS) is 43.7. The molecule has 0 nitrogen and oxygen atoms in total. The lowest BCUT2D eigenvalue weighted by atomic mass is 9.90. The molecule has 0 radical (unpaired) electrons. The molecule has 2 bridgehead atoms. The van der Waals surface area contributed by atoms with Crippen LogP contribution < -0.4 is 0 Å². The fraction of sp³-hybridized carbons (Fsp3) is 0.750. The van der Waals surface area contributed by atoms with Gasteiger partial charge in [-0.1, -0.05) is 12.2 Å². The lowest BCUT2D eigenvalue weighted by molar-refractivity contribution is 0.438. The number of rotatable bonds is 1. The van der Waals surface area contributed by atoms with E-state index in [2.05, 4.69) is 12.2 Å². The fourth-order valence-corrected chi connectivity index (χ4v) is 2.60. The molecular formula is C8H10Cl2. The van der Waals surface area contributed by atoms with Crippen molar-refractivity contribution in [3.8, 4) is 0 Å². The summed E-state index contributed by atoms with van der Waals surface area (Å²) in [6.45, 7) is 0. The van der Waals surface area contributed by atoms with E-state index in [0.717, 1.165) is 5.92 Å². The van der Waals surface area contributed by atoms with E-state index in [1.54, 1.807) is 0 Å². The molecular weight excluding hydrogens is 167 g/mol. The summed E-state index contributed by atoms with van der Waals surface area (Å²) in [5, 5.41) is 0. The van der Waals surface area contributed by atoms with Crippen LogP contribution in [0.25, 0.3) is 0 Å². The Labute approximate surface area is 71.2 Å². The lowest BCUT2D eigenvalue weighted by Crippen LogP contribution is -2.19. The minimum atomic E-state index is -0.198. The Morgan fingerprint density at radius 2 is 2.30 bits per heavy atom. The predicted octanol–water partition coefficient (Wildman–Crippen LogP) is 3.15. The molecule has 2 atom stereocenters. The molecule has 1 saturated carbocycles. The first-order chi connectivity index (χ1) is 4.73. The molecule has 56 valence electrons. The average molecular weight is 177 g/mol. The van der Waals surface area contributed by atoms with Gasteiger partial charge in [-0.05, 0) is 25.2 Å². The van der Waals surface area contributed by atoms with E-state index < -0.39 is 0 Å². The summed E-state index contributed by atoms with van der Waals surface area (Å²) in [7, 11) is 0. The summed E-state index contributed by atoms with van der Waals surface area (Å²) >= 11 is 11.8. The van der Waals surface area contributed by atoms with Crippen LogP contribution >= 0.6 is 23.2 Å². The first kappa shape index (κ1) is 7.00. The lowest BCUT2D eigenvalue weighted by Gasteiger charge is -2.24. The maximum Gasteiger partial charge on any atom is 0.116 e. The van der Waals surface area contributed by atoms with Gasteiger partial charge in [0, 0.05) is 5.41 Å². The Hall–Kier alpha value is 0.320. The van der Waals surface area contributed by atoms with Crippen LogP contribution in [0.1, 0.15) is 19.3 Å². The SMILES string of the molecule is ClC(Cl)C12C=CC(CC1)C2. The highest BCUT2D eigenvalue weighted by molar-refractivity contribution is 6.45. The molecule has 2 heteroatoms. The molecule has 2 aliphatic carbocycles. The van der Waals surface area contributed by atoms with Gasteiger partial charge in [0.2, 0.25) is 0 Å². The zero-order valence-corrected chi connectivity index (χ0v) is 7.20. The molecule has 1 fully saturated rings. The zero-order valence-electron chi connectivity index (χ0n) is 5.69. The van der Waals surface area contributed by atoms with Crippen LogP contribution in [-0.4, -0.2) is 4.84 Å². The van der Waals surface area contributed by atoms with Gasteiger partial charge in [0.15, 0.2) is 0 Å². The van der Waals surface area contributed by atoms with Gasteiger partial charge in [-0.2, -0.15) is 0 Å². The largest absolute Gasteiger partial charge is 0.116 e. The van der Waals surface area contributed by atoms with E-state index in [4.69, 9.17) is 23.2 Å². The molecule has 2 aliphatic rings. The molecule has 0 aliphatic heterocycles. The van der Waals surface area contributed by atoms with Gasteiger partial charge in [-0.3, -0.25) is 0 Å². The minimum Gasteiger partial charge on any atom is -0.104 e. The summed E-state index contributed by atoms with van der Waals surface area (Å²) in [4.78, 5) is -0.198. The molecule has 0 spiro atoms. The molecule has 2 unspecified atom stereocenters. The molecule has 0 N–H and O–H groups in total. The van der Waals surface area contributed by atoms with Crippen molar-refractivity contribution in [3.63, 3.8) is 0 Å². The van der Waals surface area contributed by atoms with Crippen LogP contribution in [0, 0.1) is 11.3 Å². The quantitative estimate of drug-likeness (QED) is 0.426. The minimum absolute atomic E-state index is 0.160. The second-order valence-corrected chi connectivity index (χ2v) is 4.49. The highest BCUT2D eigenvalue weighted by Gasteiger charge is 2.44. The summed E-state index contributed by atoms with van der Waals surface area (Å²) in [6.07, 6.45) is 8.13. The van der Waals surface area contributed by atoms with Crippen molar-refractivity contribution in [2.75, 3.05) is 0 Å². The van der Waals surface area contributed by atoms with E-state index in [9.17, 15) is 0 Å². The molecule has 10 heavy (non-hydrogen) atoms. The van der Waals surface area contributed by atoms with Crippen LogP contribution in [0.2, 0.25) is 0 Å². The Balaban J connectivity index is 2.24. The fourth-order valence-electron chi connectivity index (χ4n) is 2.06. The van der Waals surface area contributed by atoms with Gasteiger partial charge >= 0.3 is 0 Å². The second-order valence-electron chi connectivity index (χ2n) is 3.40. The first-order valence-corrected chi connectivity index (χ1v) is 4.58. The molecule has 0 aromatic rings. The van der Waals surface area contributed by atoms with Crippen molar-refractivity contribution >= 4 is 23.2 Å². The van der Waals surface area contributed by atoms with E-state index in [1.165, 1.54) is 19.3 Å². The third-order valence-electron chi connectivity index (χ3n) is 2.76. The average Bonchev–Trinajstić information content (AvgIpc) is 2.45. The van der Waals surface area contributed by atoms with Gasteiger partial charge in [-0.25, -0.2) is 0 Å². The predicted molar refractivity (Wildman–Crippen MR) is 44.4 cm³/mol. The smallest absolute Gasteiger partial charge is 0.104 e. The van der Waals surface area contributed by atoms with E-state index in [0.29, 0.717) is 0 Å². The first-order valence-electron chi connectivity index (χ1n) is 3.70. The van der Waals surface area contributed by atoms with Crippen molar-refractivity contribution in [3.05, 3.63) is 12.2 Å². The monoisotopic (exact) mass is 176 g/mol. The maximum atomic E-state index is 5.88. The van der Waals surface area contributed by atoms with Crippen LogP contribution in [0.4, 0.5) is 0 Å². The van der Waals surface area contributed by atoms with Crippen LogP contribution in [-0.2, 0) is 0 Å². The zero-order chi connectivity index (χ0) is 7.19. The summed E-state index contributed by atoms with van der Waals surface area (Å²) in [5.74, 6) is 0.778. The second kappa shape index (κ2) is 2.15. The molecule has 0 heterocycles. The molecule has 0 aromatic carbocycles. The van der Waals surface area contributed by atoms with Crippen molar-refractivity contribution < 1.29 is 0 Å². The van der Waals surface area contributed by atoms with Gasteiger partial charge in [0.25, 0.3) is 0 Å². The van der Waals surface area contributed by atoms with Crippen molar-refractivity contribution in [2.45, 2.75) is 24.1 Å². The number of alkyl halides is 2. The summed E-state index contributed by atoms with van der Waals surface area (Å²) < 4.78 is 0. The Bertz CT molecular complexity index is 174. The van der Waals surface area contributed by atoms with Gasteiger partial charge in [0.1, 0.15) is 4.84 Å². The van der Waals surface area contributed by atoms with E-state index in [-0.39, 0.29) is 10.3 Å². The number of fused-ring (bicyclic) bond motifs is 2. The molecule has 0 aromatic heterocycles. The molecule has 0 amide bonds. The number of allylic oxidation sites excluding steroid dienone is 2. The third-order valence-corrected chi connectivity index (χ3v) is 3.63. The highest BCUT2D eigenvalue weighted by Crippen LogP contribution is 2.53. The van der Waals surface area contributed by atoms with Crippen LogP contribution in [0.3, 0.4) is 0 Å². The van der Waals surface area contributed by atoms with Gasteiger partial charge in [-0.15, -0.1) is 23.2 Å². The highest BCUT2D eigenvalue weighted by atomic mass is 35.5. The number of hydrogen-bond acceptors (Lipinski definition) is 0.